The van der Waals surface area contributed by atoms with E-state index in [9.17, 15) is 42.7 Å². The normalized spacial score (nSPS) is 20.7. The molecule has 4 aromatic carbocycles. The van der Waals surface area contributed by atoms with Gasteiger partial charge in [-0.3, -0.25) is 43.3 Å². The Morgan fingerprint density at radius 3 is 2.09 bits per heavy atom. The Morgan fingerprint density at radius 1 is 0.704 bits per heavy atom. The van der Waals surface area contributed by atoms with Gasteiger partial charge in [-0.1, -0.05) is 114 Å². The van der Waals surface area contributed by atoms with E-state index < -0.39 is 107 Å². The maximum absolute atomic E-state index is 14.9. The van der Waals surface area contributed by atoms with Crippen molar-refractivity contribution >= 4 is 90.5 Å². The molecule has 0 aliphatic carbocycles. The maximum atomic E-state index is 14.9. The monoisotopic (exact) mass is 1140 g/mol. The second-order valence-electron chi connectivity index (χ2n) is 20.3. The number of primary amides is 1. The minimum absolute atomic E-state index is 0.0125. The van der Waals surface area contributed by atoms with Crippen molar-refractivity contribution in [2.75, 3.05) is 18.1 Å². The van der Waals surface area contributed by atoms with Gasteiger partial charge in [0.05, 0.1) is 6.04 Å². The van der Waals surface area contributed by atoms with Crippen molar-refractivity contribution in [3.8, 4) is 0 Å². The first-order valence-electron chi connectivity index (χ1n) is 26.7. The lowest BCUT2D eigenvalue weighted by molar-refractivity contribution is -0.136. The van der Waals surface area contributed by atoms with E-state index in [1.807, 2.05) is 66.7 Å². The number of pyridine rings is 1. The smallest absolute Gasteiger partial charge is 0.244 e. The lowest BCUT2D eigenvalue weighted by Gasteiger charge is -2.29. The number of rotatable bonds is 18. The fraction of sp³-hybridized carbons (Fsp3) is 0.362. The van der Waals surface area contributed by atoms with Crippen molar-refractivity contribution in [2.45, 2.75) is 107 Å². The number of aromatic amines is 1. The highest BCUT2D eigenvalue weighted by Crippen LogP contribution is 2.25. The van der Waals surface area contributed by atoms with Gasteiger partial charge in [0, 0.05) is 60.3 Å². The summed E-state index contributed by atoms with van der Waals surface area (Å²) in [5.74, 6) is -7.66. The van der Waals surface area contributed by atoms with Gasteiger partial charge in [-0.25, -0.2) is 4.39 Å². The number of amides is 8. The quantitative estimate of drug-likeness (QED) is 0.0436. The van der Waals surface area contributed by atoms with Crippen molar-refractivity contribution in [2.24, 2.45) is 23.1 Å². The first-order chi connectivity index (χ1) is 39.0. The van der Waals surface area contributed by atoms with Gasteiger partial charge in [0.2, 0.25) is 47.3 Å². The zero-order chi connectivity index (χ0) is 58.0. The van der Waals surface area contributed by atoms with Crippen LogP contribution in [0.4, 0.5) is 4.39 Å². The summed E-state index contributed by atoms with van der Waals surface area (Å²) in [5, 5.41) is 22.1. The number of nitrogens with two attached hydrogens (primary N) is 3. The number of carbonyl (C=O) groups is 8. The molecule has 20 nitrogen and oxygen atoms in total. The minimum atomic E-state index is -1.40. The number of carbonyl (C=O) groups excluding carboxylic acids is 8. The fourth-order valence-electron chi connectivity index (χ4n) is 9.26. The molecule has 1 aliphatic heterocycles. The summed E-state index contributed by atoms with van der Waals surface area (Å²) in [6.07, 6.45) is 5.51. The standard InChI is InChI=1S/C58H69FN12O8S2/c1-33(2)50-58(79)70-49(56(77)66-45(51(62)72)26-35-16-19-37-11-3-4-12-38(37)24-35)32-81-80-31-48(69-52(73)42(61)25-34-17-20-40(59)21-18-34)57(78)67-46(27-36-10-9-23-63-29-36)54(75)68-47(28-39-30-64-43-14-6-5-13-41(39)43)55(76)65-44(53(74)71-50)15-7-8-22-60/h3-6,9-14,16-21,23-24,29-30,33,42,44-50,64H,7-8,15,22,25-28,31-32,60-61H2,1-2H3,(H2,62,72)(H,65,76)(H,66,77)(H,67,78)(H,68,75)(H,69,73)(H,70,79)(H,71,74)/t42-,44-,45-,46-,47?,48?,49?,50?/m0/s1. The highest BCUT2D eigenvalue weighted by atomic mass is 33.1. The van der Waals surface area contributed by atoms with Gasteiger partial charge in [0.15, 0.2) is 0 Å². The molecule has 2 aromatic heterocycles. The van der Waals surface area contributed by atoms with Gasteiger partial charge in [-0.15, -0.1) is 0 Å². The number of nitrogens with zero attached hydrogens (tertiary/aromatic N) is 1. The minimum Gasteiger partial charge on any atom is -0.368 e. The zero-order valence-electron chi connectivity index (χ0n) is 45.0. The topological polar surface area (TPSA) is 328 Å². The Morgan fingerprint density at radius 2 is 1.37 bits per heavy atom. The number of H-pyrrole nitrogens is 1. The molecule has 0 spiro atoms. The molecule has 4 unspecified atom stereocenters. The Hall–Kier alpha value is -7.86. The zero-order valence-corrected chi connectivity index (χ0v) is 46.6. The molecule has 1 saturated heterocycles. The Balaban J connectivity index is 1.24. The summed E-state index contributed by atoms with van der Waals surface area (Å²) < 4.78 is 13.8. The number of para-hydroxylation sites is 1. The number of fused-ring (bicyclic) bond motifs is 2. The van der Waals surface area contributed by atoms with Crippen LogP contribution in [0.5, 0.6) is 0 Å². The summed E-state index contributed by atoms with van der Waals surface area (Å²) in [7, 11) is 2.09. The van der Waals surface area contributed by atoms with E-state index in [1.165, 1.54) is 30.5 Å². The van der Waals surface area contributed by atoms with Crippen LogP contribution in [0.1, 0.15) is 55.4 Å². The molecule has 7 rings (SSSR count). The molecule has 81 heavy (non-hydrogen) atoms. The van der Waals surface area contributed by atoms with E-state index in [0.29, 0.717) is 35.1 Å². The molecule has 0 saturated carbocycles. The predicted molar refractivity (Wildman–Crippen MR) is 311 cm³/mol. The first kappa shape index (κ1) is 60.8. The van der Waals surface area contributed by atoms with Gasteiger partial charge in [0.1, 0.15) is 48.1 Å². The van der Waals surface area contributed by atoms with E-state index in [0.717, 1.165) is 43.3 Å². The summed E-state index contributed by atoms with van der Waals surface area (Å²) in [5.41, 5.74) is 21.3. The summed E-state index contributed by atoms with van der Waals surface area (Å²) >= 11 is 0. The Bertz CT molecular complexity index is 3170. The largest absolute Gasteiger partial charge is 0.368 e. The molecule has 14 N–H and O–H groups in total. The predicted octanol–water partition coefficient (Wildman–Crippen LogP) is 2.51. The van der Waals surface area contributed by atoms with Crippen LogP contribution in [-0.2, 0) is 64.0 Å². The SMILES string of the molecule is CC(C)C1NC(=O)[C@H](CCCCN)NC(=O)C(Cc2c[nH]c3ccccc23)NC(=O)[C@H](Cc2cccnc2)NC(=O)C(NC(=O)[C@@H](N)Cc2ccc(F)cc2)CSSCC(C(=O)N[C@@H](Cc2ccc3ccccc3c2)C(N)=O)NC1=O. The summed E-state index contributed by atoms with van der Waals surface area (Å²) in [6.45, 7) is 3.67. The molecule has 1 aliphatic rings. The van der Waals surface area contributed by atoms with Crippen LogP contribution in [0.15, 0.2) is 122 Å². The third-order valence-corrected chi connectivity index (χ3v) is 16.2. The van der Waals surface area contributed by atoms with Crippen molar-refractivity contribution in [1.82, 2.24) is 47.2 Å². The molecule has 0 radical (unpaired) electrons. The van der Waals surface area contributed by atoms with Gasteiger partial charge < -0.3 is 59.4 Å². The second kappa shape index (κ2) is 29.6. The molecular weight excluding hydrogens is 1080 g/mol. The van der Waals surface area contributed by atoms with Crippen LogP contribution < -0.4 is 54.4 Å². The molecule has 428 valence electrons. The molecule has 3 heterocycles. The lowest BCUT2D eigenvalue weighted by Crippen LogP contribution is -2.61. The van der Waals surface area contributed by atoms with Crippen LogP contribution in [0.3, 0.4) is 0 Å². The molecule has 0 bridgehead atoms. The highest BCUT2D eigenvalue weighted by molar-refractivity contribution is 8.76. The number of aromatic nitrogens is 2. The number of unbranched alkanes of at least 4 members (excludes halogenated alkanes) is 1. The van der Waals surface area contributed by atoms with Gasteiger partial charge >= 0.3 is 0 Å². The molecule has 1 fully saturated rings. The average molecular weight is 1150 g/mol. The van der Waals surface area contributed by atoms with Gasteiger partial charge in [0.25, 0.3) is 0 Å². The third kappa shape index (κ3) is 17.6. The Kier molecular flexibility index (Phi) is 22.2. The number of hydrogen-bond donors (Lipinski definition) is 11. The van der Waals surface area contributed by atoms with Crippen LogP contribution in [0.25, 0.3) is 21.7 Å². The van der Waals surface area contributed by atoms with Crippen molar-refractivity contribution in [1.29, 1.82) is 0 Å². The Labute approximate surface area is 476 Å². The molecule has 6 aromatic rings. The van der Waals surface area contributed by atoms with E-state index in [4.69, 9.17) is 17.2 Å². The van der Waals surface area contributed by atoms with Crippen molar-refractivity contribution in [3.63, 3.8) is 0 Å². The van der Waals surface area contributed by atoms with Crippen LogP contribution >= 0.6 is 21.6 Å². The maximum Gasteiger partial charge on any atom is 0.244 e. The van der Waals surface area contributed by atoms with E-state index >= 15 is 0 Å². The molecule has 8 amide bonds. The number of nitrogens with one attached hydrogen (secondary N) is 8. The number of hydrogen-bond acceptors (Lipinski definition) is 13. The fourth-order valence-corrected chi connectivity index (χ4v) is 11.6. The van der Waals surface area contributed by atoms with E-state index in [-0.39, 0.29) is 50.2 Å². The highest BCUT2D eigenvalue weighted by Gasteiger charge is 2.36. The molecule has 8 atom stereocenters. The van der Waals surface area contributed by atoms with Crippen LogP contribution in [0.2, 0.25) is 0 Å². The van der Waals surface area contributed by atoms with Gasteiger partial charge in [-0.2, -0.15) is 0 Å². The summed E-state index contributed by atoms with van der Waals surface area (Å²) in [6, 6.07) is 18.9. The van der Waals surface area contributed by atoms with Crippen LogP contribution in [-0.4, -0.2) is 124 Å². The average Bonchev–Trinajstić information content (AvgIpc) is 3.91. The number of benzene rings is 4. The van der Waals surface area contributed by atoms with Crippen LogP contribution in [0, 0.1) is 11.7 Å². The number of halogens is 1. The summed E-state index contributed by atoms with van der Waals surface area (Å²) in [4.78, 5) is 122. The van der Waals surface area contributed by atoms with E-state index in [1.54, 1.807) is 38.4 Å². The lowest BCUT2D eigenvalue weighted by atomic mass is 10.00. The first-order valence-corrected chi connectivity index (χ1v) is 29.2. The van der Waals surface area contributed by atoms with Gasteiger partial charge in [-0.05, 0) is 95.4 Å². The molecule has 23 heteroatoms. The van der Waals surface area contributed by atoms with Crippen molar-refractivity contribution in [3.05, 3.63) is 150 Å². The second-order valence-corrected chi connectivity index (χ2v) is 22.9. The van der Waals surface area contributed by atoms with Crippen molar-refractivity contribution < 1.29 is 42.7 Å². The molecular formula is C58H69FN12O8S2. The van der Waals surface area contributed by atoms with E-state index in [2.05, 4.69) is 47.2 Å². The third-order valence-electron chi connectivity index (χ3n) is 13.8.